The van der Waals surface area contributed by atoms with Gasteiger partial charge in [0.15, 0.2) is 11.5 Å². The molecule has 1 aliphatic carbocycles. The molecule has 10 heteroatoms. The number of ketones is 1. The molecule has 3 aromatic rings. The van der Waals surface area contributed by atoms with Crippen molar-refractivity contribution in [2.75, 3.05) is 23.6 Å². The molecule has 0 saturated carbocycles. The second-order valence-electron chi connectivity index (χ2n) is 10.2. The first-order valence-corrected chi connectivity index (χ1v) is 13.5. The van der Waals surface area contributed by atoms with E-state index in [0.29, 0.717) is 35.7 Å². The summed E-state index contributed by atoms with van der Waals surface area (Å²) in [5, 5.41) is 2.97. The molecule has 0 bridgehead atoms. The van der Waals surface area contributed by atoms with Crippen molar-refractivity contribution in [3.05, 3.63) is 90.3 Å². The van der Waals surface area contributed by atoms with Gasteiger partial charge in [-0.3, -0.25) is 29.1 Å². The smallest absolute Gasteiger partial charge is 0.299 e. The molecule has 0 radical (unpaired) electrons. The van der Waals surface area contributed by atoms with Gasteiger partial charge >= 0.3 is 0 Å². The molecule has 1 N–H and O–H groups in total. The van der Waals surface area contributed by atoms with Gasteiger partial charge in [0.1, 0.15) is 12.6 Å². The molecule has 2 atom stereocenters. The molecule has 1 aromatic heterocycles. The van der Waals surface area contributed by atoms with E-state index in [2.05, 4.69) is 16.4 Å². The van der Waals surface area contributed by atoms with Gasteiger partial charge in [0.2, 0.25) is 18.6 Å². The number of benzene rings is 2. The van der Waals surface area contributed by atoms with E-state index in [0.717, 1.165) is 12.0 Å². The van der Waals surface area contributed by atoms with Crippen molar-refractivity contribution in [3.8, 4) is 11.5 Å². The maximum absolute atomic E-state index is 14.1. The highest BCUT2D eigenvalue weighted by Gasteiger charge is 2.41. The van der Waals surface area contributed by atoms with Crippen LogP contribution >= 0.6 is 0 Å². The highest BCUT2D eigenvalue weighted by atomic mass is 16.7. The summed E-state index contributed by atoms with van der Waals surface area (Å²) >= 11 is 0. The third-order valence-corrected chi connectivity index (χ3v) is 7.57. The summed E-state index contributed by atoms with van der Waals surface area (Å²) in [5.74, 6) is -1.27. The first-order chi connectivity index (χ1) is 20.0. The number of nitrogens with one attached hydrogen (secondary N) is 1. The van der Waals surface area contributed by atoms with E-state index in [4.69, 9.17) is 9.47 Å². The number of ether oxygens (including phenoxy) is 2. The second kappa shape index (κ2) is 11.2. The van der Waals surface area contributed by atoms with E-state index >= 15 is 0 Å². The van der Waals surface area contributed by atoms with E-state index in [1.165, 1.54) is 9.80 Å². The van der Waals surface area contributed by atoms with Crippen LogP contribution in [0.1, 0.15) is 35.2 Å². The monoisotopic (exact) mass is 552 g/mol. The molecule has 0 fully saturated rings. The fraction of sp³-hybridized carbons (Fsp3) is 0.258. The van der Waals surface area contributed by atoms with Crippen molar-refractivity contribution in [2.24, 2.45) is 5.92 Å². The topological polar surface area (TPSA) is 118 Å². The maximum atomic E-state index is 14.1. The molecular formula is C31H28N4O6. The molecular weight excluding hydrogens is 524 g/mol. The number of para-hydroxylation sites is 1. The van der Waals surface area contributed by atoms with Gasteiger partial charge in [0.05, 0.1) is 11.3 Å². The Kier molecular flexibility index (Phi) is 7.20. The highest BCUT2D eigenvalue weighted by molar-refractivity contribution is 6.52. The van der Waals surface area contributed by atoms with Crippen LogP contribution in [0.15, 0.2) is 79.1 Å². The number of anilines is 2. The molecule has 41 heavy (non-hydrogen) atoms. The van der Waals surface area contributed by atoms with Crippen LogP contribution in [0.25, 0.3) is 0 Å². The minimum Gasteiger partial charge on any atom is -0.454 e. The molecule has 208 valence electrons. The number of hydrogen-bond acceptors (Lipinski definition) is 7. The Bertz CT molecular complexity index is 1540. The predicted molar refractivity (Wildman–Crippen MR) is 149 cm³/mol. The molecule has 0 spiro atoms. The second-order valence-corrected chi connectivity index (χ2v) is 10.2. The number of Topliss-reactive ketones (excluding diaryl/α,β-unsaturated/α-hetero) is 1. The lowest BCUT2D eigenvalue weighted by Crippen LogP contribution is -2.54. The van der Waals surface area contributed by atoms with Gasteiger partial charge < -0.3 is 19.7 Å². The molecule has 2 aliphatic heterocycles. The van der Waals surface area contributed by atoms with Crippen LogP contribution in [0.5, 0.6) is 11.5 Å². The SMILES string of the molecule is O=C1C(=O)N(CC(=O)N(Cc2cccnc2)C(C(=O)Nc2ccc3c(c2)OCO3)C2CC=CCC2)c2ccccc21. The molecule has 3 heterocycles. The third kappa shape index (κ3) is 5.28. The Morgan fingerprint density at radius 3 is 2.71 bits per heavy atom. The number of rotatable bonds is 8. The van der Waals surface area contributed by atoms with Crippen LogP contribution in [0.4, 0.5) is 11.4 Å². The number of aromatic nitrogens is 1. The standard InChI is InChI=1S/C31H28N4O6/c36-27(18-34-24-11-5-4-10-23(24)29(37)31(34)39)35(17-20-7-6-14-32-16-20)28(21-8-2-1-3-9-21)30(38)33-22-12-13-25-26(15-22)41-19-40-25/h1-2,4-7,10-16,21,28H,3,8-9,17-19H2,(H,33,38). The summed E-state index contributed by atoms with van der Waals surface area (Å²) in [5.41, 5.74) is 1.90. The van der Waals surface area contributed by atoms with Crippen molar-refractivity contribution < 1.29 is 28.7 Å². The Morgan fingerprint density at radius 1 is 1.05 bits per heavy atom. The number of carbonyl (C=O) groups is 4. The van der Waals surface area contributed by atoms with Crippen LogP contribution in [-0.2, 0) is 20.9 Å². The zero-order valence-corrected chi connectivity index (χ0v) is 22.2. The van der Waals surface area contributed by atoms with E-state index in [1.807, 2.05) is 12.1 Å². The Labute approximate surface area is 236 Å². The lowest BCUT2D eigenvalue weighted by Gasteiger charge is -2.37. The molecule has 10 nitrogen and oxygen atoms in total. The summed E-state index contributed by atoms with van der Waals surface area (Å²) in [6.07, 6.45) is 9.48. The van der Waals surface area contributed by atoms with Crippen molar-refractivity contribution in [1.82, 2.24) is 9.88 Å². The Morgan fingerprint density at radius 2 is 1.90 bits per heavy atom. The van der Waals surface area contributed by atoms with E-state index in [9.17, 15) is 19.2 Å². The van der Waals surface area contributed by atoms with E-state index < -0.39 is 23.6 Å². The van der Waals surface area contributed by atoms with Gasteiger partial charge in [-0.25, -0.2) is 0 Å². The first-order valence-electron chi connectivity index (χ1n) is 13.5. The van der Waals surface area contributed by atoms with Crippen molar-refractivity contribution in [2.45, 2.75) is 31.8 Å². The summed E-state index contributed by atoms with van der Waals surface area (Å²) in [6, 6.07) is 14.5. The van der Waals surface area contributed by atoms with Gasteiger partial charge in [0.25, 0.3) is 11.7 Å². The zero-order chi connectivity index (χ0) is 28.3. The van der Waals surface area contributed by atoms with Gasteiger partial charge in [-0.15, -0.1) is 0 Å². The fourth-order valence-electron chi connectivity index (χ4n) is 5.57. The number of amides is 3. The molecule has 2 unspecified atom stereocenters. The maximum Gasteiger partial charge on any atom is 0.299 e. The van der Waals surface area contributed by atoms with Crippen LogP contribution < -0.4 is 19.7 Å². The molecule has 0 saturated heterocycles. The largest absolute Gasteiger partial charge is 0.454 e. The lowest BCUT2D eigenvalue weighted by atomic mass is 9.85. The zero-order valence-electron chi connectivity index (χ0n) is 22.2. The van der Waals surface area contributed by atoms with Crippen LogP contribution in [-0.4, -0.2) is 52.8 Å². The minimum atomic E-state index is -0.860. The Balaban J connectivity index is 1.33. The molecule has 2 aromatic carbocycles. The number of pyridine rings is 1. The average molecular weight is 553 g/mol. The number of allylic oxidation sites excluding steroid dienone is 2. The quantitative estimate of drug-likeness (QED) is 0.334. The van der Waals surface area contributed by atoms with Crippen LogP contribution in [0, 0.1) is 5.92 Å². The van der Waals surface area contributed by atoms with Gasteiger partial charge in [-0.2, -0.15) is 0 Å². The molecule has 3 amide bonds. The van der Waals surface area contributed by atoms with Crippen LogP contribution in [0.2, 0.25) is 0 Å². The van der Waals surface area contributed by atoms with Gasteiger partial charge in [-0.05, 0) is 61.1 Å². The Hall–Kier alpha value is -4.99. The summed E-state index contributed by atoms with van der Waals surface area (Å²) in [4.78, 5) is 60.6. The third-order valence-electron chi connectivity index (χ3n) is 7.57. The molecule has 6 rings (SSSR count). The molecule has 3 aliphatic rings. The van der Waals surface area contributed by atoms with Crippen molar-refractivity contribution in [3.63, 3.8) is 0 Å². The minimum absolute atomic E-state index is 0.101. The first kappa shape index (κ1) is 26.2. The number of carbonyl (C=O) groups excluding carboxylic acids is 4. The lowest BCUT2D eigenvalue weighted by molar-refractivity contribution is -0.140. The summed E-state index contributed by atoms with van der Waals surface area (Å²) in [6.45, 7) is -0.167. The number of nitrogens with zero attached hydrogens (tertiary/aromatic N) is 3. The van der Waals surface area contributed by atoms with Crippen LogP contribution in [0.3, 0.4) is 0 Å². The van der Waals surface area contributed by atoms with Gasteiger partial charge in [-0.1, -0.05) is 30.4 Å². The highest BCUT2D eigenvalue weighted by Crippen LogP contribution is 2.35. The van der Waals surface area contributed by atoms with Crippen molar-refractivity contribution in [1.29, 1.82) is 0 Å². The van der Waals surface area contributed by atoms with Gasteiger partial charge in [0, 0.05) is 30.7 Å². The van der Waals surface area contributed by atoms with E-state index in [1.54, 1.807) is 60.9 Å². The van der Waals surface area contributed by atoms with Crippen molar-refractivity contribution >= 4 is 34.9 Å². The fourth-order valence-corrected chi connectivity index (χ4v) is 5.57. The normalized spacial score (nSPS) is 17.8. The number of fused-ring (bicyclic) bond motifs is 2. The van der Waals surface area contributed by atoms with E-state index in [-0.39, 0.29) is 37.3 Å². The average Bonchev–Trinajstić information content (AvgIpc) is 3.56. The predicted octanol–water partition coefficient (Wildman–Crippen LogP) is 3.73. The number of hydrogen-bond donors (Lipinski definition) is 1. The summed E-state index contributed by atoms with van der Waals surface area (Å²) in [7, 11) is 0. The summed E-state index contributed by atoms with van der Waals surface area (Å²) < 4.78 is 10.8.